The molecule has 110 valence electrons. The number of nitrogens with two attached hydrogens (primary N) is 1. The van der Waals surface area contributed by atoms with Gasteiger partial charge in [-0.25, -0.2) is 8.78 Å². The number of carbonyl (C=O) groups excluding carboxylic acids is 1. The Morgan fingerprint density at radius 3 is 2.85 bits per heavy atom. The minimum absolute atomic E-state index is 0.0442. The highest BCUT2D eigenvalue weighted by molar-refractivity contribution is 5.94. The highest BCUT2D eigenvalue weighted by Gasteiger charge is 2.26. The monoisotopic (exact) mass is 282 g/mol. The first kappa shape index (κ1) is 14.9. The lowest BCUT2D eigenvalue weighted by Gasteiger charge is -2.32. The minimum Gasteiger partial charge on any atom is -0.338 e. The lowest BCUT2D eigenvalue weighted by molar-refractivity contribution is 0.0664. The van der Waals surface area contributed by atoms with E-state index in [0.717, 1.165) is 25.3 Å². The Morgan fingerprint density at radius 2 is 2.15 bits per heavy atom. The van der Waals surface area contributed by atoms with Crippen LogP contribution in [0.25, 0.3) is 0 Å². The van der Waals surface area contributed by atoms with Gasteiger partial charge in [-0.2, -0.15) is 0 Å². The molecule has 0 bridgehead atoms. The Labute approximate surface area is 117 Å². The number of benzene rings is 1. The molecule has 0 aliphatic carbocycles. The van der Waals surface area contributed by atoms with E-state index >= 15 is 0 Å². The molecule has 2 rings (SSSR count). The van der Waals surface area contributed by atoms with E-state index in [9.17, 15) is 13.6 Å². The van der Waals surface area contributed by atoms with Crippen LogP contribution in [0.2, 0.25) is 0 Å². The van der Waals surface area contributed by atoms with Gasteiger partial charge in [0.15, 0.2) is 0 Å². The van der Waals surface area contributed by atoms with E-state index < -0.39 is 11.6 Å². The van der Waals surface area contributed by atoms with Crippen LogP contribution >= 0.6 is 0 Å². The molecule has 0 spiro atoms. The molecule has 1 heterocycles. The molecule has 1 saturated heterocycles. The molecular weight excluding hydrogens is 262 g/mol. The zero-order chi connectivity index (χ0) is 14.7. The van der Waals surface area contributed by atoms with Gasteiger partial charge in [-0.05, 0) is 50.3 Å². The quantitative estimate of drug-likeness (QED) is 0.925. The Morgan fingerprint density at radius 1 is 1.40 bits per heavy atom. The fourth-order valence-corrected chi connectivity index (χ4v) is 2.71. The van der Waals surface area contributed by atoms with Gasteiger partial charge in [0.25, 0.3) is 5.91 Å². The van der Waals surface area contributed by atoms with Crippen molar-refractivity contribution in [1.82, 2.24) is 4.90 Å². The molecule has 5 heteroatoms. The zero-order valence-corrected chi connectivity index (χ0v) is 11.7. The maximum Gasteiger partial charge on any atom is 0.256 e. The molecule has 0 saturated carbocycles. The van der Waals surface area contributed by atoms with Crippen molar-refractivity contribution in [2.45, 2.75) is 26.2 Å². The van der Waals surface area contributed by atoms with E-state index in [-0.39, 0.29) is 17.0 Å². The lowest BCUT2D eigenvalue weighted by atomic mass is 9.94. The van der Waals surface area contributed by atoms with Crippen LogP contribution < -0.4 is 5.73 Å². The van der Waals surface area contributed by atoms with Crippen molar-refractivity contribution < 1.29 is 13.6 Å². The maximum absolute atomic E-state index is 13.8. The molecule has 1 atom stereocenters. The molecule has 0 radical (unpaired) electrons. The predicted molar refractivity (Wildman–Crippen MR) is 73.4 cm³/mol. The third kappa shape index (κ3) is 3.15. The van der Waals surface area contributed by atoms with Gasteiger partial charge in [-0.3, -0.25) is 4.79 Å². The van der Waals surface area contributed by atoms with Crippen molar-refractivity contribution in [2.75, 3.05) is 19.6 Å². The van der Waals surface area contributed by atoms with Crippen molar-refractivity contribution in [1.29, 1.82) is 0 Å². The van der Waals surface area contributed by atoms with E-state index in [1.807, 2.05) is 0 Å². The summed E-state index contributed by atoms with van der Waals surface area (Å²) in [5.74, 6) is -1.40. The topological polar surface area (TPSA) is 46.3 Å². The van der Waals surface area contributed by atoms with Crippen molar-refractivity contribution in [3.63, 3.8) is 0 Å². The minimum atomic E-state index is -0.793. The summed E-state index contributed by atoms with van der Waals surface area (Å²) in [4.78, 5) is 14.0. The lowest BCUT2D eigenvalue weighted by Crippen LogP contribution is -2.40. The molecule has 1 fully saturated rings. The van der Waals surface area contributed by atoms with E-state index in [2.05, 4.69) is 0 Å². The molecule has 20 heavy (non-hydrogen) atoms. The average Bonchev–Trinajstić information content (AvgIpc) is 2.43. The first-order chi connectivity index (χ1) is 9.52. The third-order valence-electron chi connectivity index (χ3n) is 3.86. The normalized spacial score (nSPS) is 19.2. The molecule has 2 N–H and O–H groups in total. The summed E-state index contributed by atoms with van der Waals surface area (Å²) in [5.41, 5.74) is 5.79. The summed E-state index contributed by atoms with van der Waals surface area (Å²) in [5, 5.41) is 0. The van der Waals surface area contributed by atoms with Crippen molar-refractivity contribution in [3.05, 3.63) is 34.9 Å². The van der Waals surface area contributed by atoms with Gasteiger partial charge in [-0.1, -0.05) is 0 Å². The number of piperidine rings is 1. The van der Waals surface area contributed by atoms with Gasteiger partial charge < -0.3 is 10.6 Å². The number of likely N-dealkylation sites (tertiary alicyclic amines) is 1. The van der Waals surface area contributed by atoms with E-state index in [1.165, 1.54) is 13.0 Å². The second-order valence-corrected chi connectivity index (χ2v) is 5.42. The second-order valence-electron chi connectivity index (χ2n) is 5.42. The fourth-order valence-electron chi connectivity index (χ4n) is 2.71. The largest absolute Gasteiger partial charge is 0.338 e. The van der Waals surface area contributed by atoms with E-state index in [4.69, 9.17) is 5.73 Å². The van der Waals surface area contributed by atoms with Crippen LogP contribution in [0.4, 0.5) is 8.78 Å². The average molecular weight is 282 g/mol. The van der Waals surface area contributed by atoms with Crippen LogP contribution in [-0.2, 0) is 0 Å². The molecule has 1 aromatic rings. The van der Waals surface area contributed by atoms with Gasteiger partial charge >= 0.3 is 0 Å². The number of rotatable bonds is 3. The van der Waals surface area contributed by atoms with E-state index in [0.29, 0.717) is 25.6 Å². The van der Waals surface area contributed by atoms with Crippen molar-refractivity contribution in [2.24, 2.45) is 11.7 Å². The van der Waals surface area contributed by atoms with Crippen LogP contribution in [0.15, 0.2) is 12.1 Å². The van der Waals surface area contributed by atoms with Crippen LogP contribution in [0.3, 0.4) is 0 Å². The number of carbonyl (C=O) groups is 1. The number of halogens is 2. The molecule has 1 unspecified atom stereocenters. The number of hydrogen-bond donors (Lipinski definition) is 1. The fraction of sp³-hybridized carbons (Fsp3) is 0.533. The van der Waals surface area contributed by atoms with Crippen LogP contribution in [0.5, 0.6) is 0 Å². The zero-order valence-electron chi connectivity index (χ0n) is 11.7. The summed E-state index contributed by atoms with van der Waals surface area (Å²) < 4.78 is 27.0. The smallest absolute Gasteiger partial charge is 0.256 e. The number of nitrogens with zero attached hydrogens (tertiary/aromatic N) is 1. The Kier molecular flexibility index (Phi) is 4.70. The molecule has 0 aromatic heterocycles. The van der Waals surface area contributed by atoms with Gasteiger partial charge in [0, 0.05) is 19.2 Å². The highest BCUT2D eigenvalue weighted by Crippen LogP contribution is 2.22. The highest BCUT2D eigenvalue weighted by atomic mass is 19.1. The van der Waals surface area contributed by atoms with Crippen LogP contribution in [0, 0.1) is 24.5 Å². The third-order valence-corrected chi connectivity index (χ3v) is 3.86. The maximum atomic E-state index is 13.8. The summed E-state index contributed by atoms with van der Waals surface area (Å²) >= 11 is 0. The molecule has 1 aliphatic rings. The number of aryl methyl sites for hydroxylation is 1. The molecule has 1 amide bonds. The summed E-state index contributed by atoms with van der Waals surface area (Å²) in [6, 6.07) is 2.07. The standard InChI is InChI=1S/C15H20F2N2O/c1-10-7-12(14(17)8-13(10)16)15(20)19-6-2-3-11(9-19)4-5-18/h7-8,11H,2-6,9,18H2,1H3. The summed E-state index contributed by atoms with van der Waals surface area (Å²) in [6.45, 7) is 3.34. The SMILES string of the molecule is Cc1cc(C(=O)N2CCCC(CCN)C2)c(F)cc1F. The number of hydrogen-bond acceptors (Lipinski definition) is 2. The van der Waals surface area contributed by atoms with Gasteiger partial charge in [0.2, 0.25) is 0 Å². The van der Waals surface area contributed by atoms with Gasteiger partial charge in [0.1, 0.15) is 11.6 Å². The van der Waals surface area contributed by atoms with Crippen molar-refractivity contribution >= 4 is 5.91 Å². The van der Waals surface area contributed by atoms with Crippen LogP contribution in [-0.4, -0.2) is 30.4 Å². The Hall–Kier alpha value is -1.49. The Balaban J connectivity index is 2.16. The molecule has 3 nitrogen and oxygen atoms in total. The summed E-state index contributed by atoms with van der Waals surface area (Å²) in [7, 11) is 0. The first-order valence-corrected chi connectivity index (χ1v) is 6.98. The first-order valence-electron chi connectivity index (χ1n) is 6.98. The second kappa shape index (κ2) is 6.31. The summed E-state index contributed by atoms with van der Waals surface area (Å²) in [6.07, 6.45) is 2.82. The predicted octanol–water partition coefficient (Wildman–Crippen LogP) is 2.47. The van der Waals surface area contributed by atoms with Crippen LogP contribution in [0.1, 0.15) is 35.2 Å². The number of amides is 1. The van der Waals surface area contributed by atoms with Gasteiger partial charge in [-0.15, -0.1) is 0 Å². The van der Waals surface area contributed by atoms with Crippen molar-refractivity contribution in [3.8, 4) is 0 Å². The van der Waals surface area contributed by atoms with E-state index in [1.54, 1.807) is 4.90 Å². The molecular formula is C15H20F2N2O. The Bertz CT molecular complexity index is 503. The molecule has 1 aromatic carbocycles. The van der Waals surface area contributed by atoms with Gasteiger partial charge in [0.05, 0.1) is 5.56 Å². The molecule has 1 aliphatic heterocycles.